The molecule has 0 aromatic heterocycles. The summed E-state index contributed by atoms with van der Waals surface area (Å²) in [4.78, 5) is 12.6. The van der Waals surface area contributed by atoms with E-state index in [9.17, 15) is 4.79 Å². The third-order valence-corrected chi connectivity index (χ3v) is 2.55. The number of fused-ring (bicyclic) bond motifs is 1. The van der Waals surface area contributed by atoms with Gasteiger partial charge in [0.05, 0.1) is 6.04 Å². The largest absolute Gasteiger partial charge is 0.444 e. The highest BCUT2D eigenvalue weighted by atomic mass is 16.6. The minimum Gasteiger partial charge on any atom is -0.444 e. The molecule has 11 heavy (non-hydrogen) atoms. The summed E-state index contributed by atoms with van der Waals surface area (Å²) in [7, 11) is 1.77. The van der Waals surface area contributed by atoms with E-state index < -0.39 is 0 Å². The summed E-state index contributed by atoms with van der Waals surface area (Å²) < 4.78 is 5.07. The number of hydrogen-bond donors (Lipinski definition) is 1. The maximum absolute atomic E-state index is 11.0. The first-order valence-electron chi connectivity index (χ1n) is 3.87. The van der Waals surface area contributed by atoms with Gasteiger partial charge < -0.3 is 15.4 Å². The summed E-state index contributed by atoms with van der Waals surface area (Å²) in [5.74, 6) is 0. The van der Waals surface area contributed by atoms with Crippen molar-refractivity contribution < 1.29 is 9.53 Å². The topological polar surface area (TPSA) is 55.6 Å². The molecule has 1 saturated heterocycles. The molecule has 4 nitrogen and oxygen atoms in total. The highest BCUT2D eigenvalue weighted by Crippen LogP contribution is 2.31. The fraction of sp³-hybridized carbons (Fsp3) is 0.857. The van der Waals surface area contributed by atoms with E-state index in [1.807, 2.05) is 0 Å². The van der Waals surface area contributed by atoms with Crippen LogP contribution in [0.25, 0.3) is 0 Å². The second kappa shape index (κ2) is 2.11. The molecule has 3 atom stereocenters. The Balaban J connectivity index is 2.13. The Morgan fingerprint density at radius 3 is 3.00 bits per heavy atom. The molecule has 0 radical (unpaired) electrons. The zero-order valence-corrected chi connectivity index (χ0v) is 6.49. The van der Waals surface area contributed by atoms with Gasteiger partial charge in [-0.3, -0.25) is 0 Å². The van der Waals surface area contributed by atoms with Crippen molar-refractivity contribution in [2.45, 2.75) is 31.0 Å². The number of nitrogens with two attached hydrogens (primary N) is 1. The van der Waals surface area contributed by atoms with Gasteiger partial charge in [-0.1, -0.05) is 0 Å². The van der Waals surface area contributed by atoms with Crippen molar-refractivity contribution in [1.29, 1.82) is 0 Å². The summed E-state index contributed by atoms with van der Waals surface area (Å²) in [6, 6.07) is 0.443. The van der Waals surface area contributed by atoms with Crippen LogP contribution in [0.3, 0.4) is 0 Å². The fourth-order valence-electron chi connectivity index (χ4n) is 1.90. The maximum Gasteiger partial charge on any atom is 0.410 e. The lowest BCUT2D eigenvalue weighted by molar-refractivity contribution is 0.131. The Labute approximate surface area is 65.3 Å². The molecule has 0 spiro atoms. The van der Waals surface area contributed by atoms with E-state index in [4.69, 9.17) is 10.5 Å². The van der Waals surface area contributed by atoms with E-state index in [0.717, 1.165) is 12.8 Å². The zero-order valence-electron chi connectivity index (χ0n) is 6.49. The SMILES string of the molecule is CN1C(=O)O[C@@H]2C[C@H](N)C[C@@H]21. The lowest BCUT2D eigenvalue weighted by atomic mass is 10.2. The van der Waals surface area contributed by atoms with E-state index >= 15 is 0 Å². The molecule has 2 fully saturated rings. The molecule has 1 amide bonds. The lowest BCUT2D eigenvalue weighted by Crippen LogP contribution is -2.31. The van der Waals surface area contributed by atoms with E-state index in [1.54, 1.807) is 11.9 Å². The molecule has 2 aliphatic rings. The first-order valence-corrected chi connectivity index (χ1v) is 3.87. The van der Waals surface area contributed by atoms with Gasteiger partial charge in [0.2, 0.25) is 0 Å². The van der Waals surface area contributed by atoms with Crippen LogP contribution in [0.15, 0.2) is 0 Å². The molecule has 0 aromatic rings. The van der Waals surface area contributed by atoms with Crippen molar-refractivity contribution in [2.24, 2.45) is 5.73 Å². The monoisotopic (exact) mass is 156 g/mol. The van der Waals surface area contributed by atoms with Gasteiger partial charge in [0.25, 0.3) is 0 Å². The van der Waals surface area contributed by atoms with Crippen molar-refractivity contribution in [2.75, 3.05) is 7.05 Å². The van der Waals surface area contributed by atoms with Crippen LogP contribution < -0.4 is 5.73 Å². The van der Waals surface area contributed by atoms with Crippen LogP contribution in [0.1, 0.15) is 12.8 Å². The summed E-state index contributed by atoms with van der Waals surface area (Å²) >= 11 is 0. The predicted molar refractivity (Wildman–Crippen MR) is 39.0 cm³/mol. The number of carbonyl (C=O) groups is 1. The minimum atomic E-state index is -0.202. The predicted octanol–water partition coefficient (Wildman–Crippen LogP) is -0.0733. The number of nitrogens with zero attached hydrogens (tertiary/aromatic N) is 1. The molecule has 2 N–H and O–H groups in total. The normalized spacial score (nSPS) is 42.5. The van der Waals surface area contributed by atoms with Crippen LogP contribution in [0.5, 0.6) is 0 Å². The second-order valence-electron chi connectivity index (χ2n) is 3.33. The van der Waals surface area contributed by atoms with Crippen LogP contribution in [-0.2, 0) is 4.74 Å². The van der Waals surface area contributed by atoms with Crippen LogP contribution in [0.2, 0.25) is 0 Å². The Morgan fingerprint density at radius 2 is 2.36 bits per heavy atom. The molecule has 0 bridgehead atoms. The van der Waals surface area contributed by atoms with Gasteiger partial charge in [-0.05, 0) is 6.42 Å². The standard InChI is InChI=1S/C7H12N2O2/c1-9-5-2-4(8)3-6(5)11-7(9)10/h4-6H,2-3,8H2,1H3/t4-,5+,6-/m1/s1. The number of ether oxygens (including phenoxy) is 1. The van der Waals surface area contributed by atoms with Crippen LogP contribution >= 0.6 is 0 Å². The summed E-state index contributed by atoms with van der Waals surface area (Å²) in [6.45, 7) is 0. The fourth-order valence-corrected chi connectivity index (χ4v) is 1.90. The van der Waals surface area contributed by atoms with Gasteiger partial charge in [0, 0.05) is 19.5 Å². The molecule has 0 aromatic carbocycles. The molecular weight excluding hydrogens is 144 g/mol. The summed E-state index contributed by atoms with van der Waals surface area (Å²) in [6.07, 6.45) is 1.56. The number of hydrogen-bond acceptors (Lipinski definition) is 3. The Morgan fingerprint density at radius 1 is 1.64 bits per heavy atom. The highest BCUT2D eigenvalue weighted by Gasteiger charge is 2.45. The highest BCUT2D eigenvalue weighted by molar-refractivity contribution is 5.70. The molecule has 1 aliphatic heterocycles. The third kappa shape index (κ3) is 0.894. The first kappa shape index (κ1) is 6.91. The molecule has 0 unspecified atom stereocenters. The Bertz CT molecular complexity index is 195. The van der Waals surface area contributed by atoms with E-state index in [1.165, 1.54) is 0 Å². The van der Waals surface area contributed by atoms with Gasteiger partial charge in [-0.2, -0.15) is 0 Å². The number of rotatable bonds is 0. The number of amides is 1. The summed E-state index contributed by atoms with van der Waals surface area (Å²) in [5.41, 5.74) is 5.71. The van der Waals surface area contributed by atoms with Crippen molar-refractivity contribution >= 4 is 6.09 Å². The molecule has 4 heteroatoms. The van der Waals surface area contributed by atoms with Crippen molar-refractivity contribution in [1.82, 2.24) is 4.90 Å². The van der Waals surface area contributed by atoms with E-state index in [2.05, 4.69) is 0 Å². The van der Waals surface area contributed by atoms with Crippen LogP contribution in [0.4, 0.5) is 4.79 Å². The molecule has 1 aliphatic carbocycles. The van der Waals surface area contributed by atoms with Gasteiger partial charge in [0.15, 0.2) is 0 Å². The number of carbonyl (C=O) groups excluding carboxylic acids is 1. The maximum atomic E-state index is 11.0. The first-order chi connectivity index (χ1) is 5.18. The molecule has 2 rings (SSSR count). The third-order valence-electron chi connectivity index (χ3n) is 2.55. The lowest BCUT2D eigenvalue weighted by Gasteiger charge is -2.13. The molecular formula is C7H12N2O2. The Kier molecular flexibility index (Phi) is 1.32. The second-order valence-corrected chi connectivity index (χ2v) is 3.33. The average molecular weight is 156 g/mol. The van der Waals surface area contributed by atoms with Gasteiger partial charge in [-0.15, -0.1) is 0 Å². The molecule has 1 heterocycles. The number of likely N-dealkylation sites (N-methyl/N-ethyl adjacent to an activating group) is 1. The van der Waals surface area contributed by atoms with E-state index in [-0.39, 0.29) is 24.3 Å². The summed E-state index contributed by atoms with van der Waals surface area (Å²) in [5, 5.41) is 0. The van der Waals surface area contributed by atoms with Gasteiger partial charge in [-0.25, -0.2) is 4.79 Å². The van der Waals surface area contributed by atoms with Crippen molar-refractivity contribution in [3.05, 3.63) is 0 Å². The van der Waals surface area contributed by atoms with Gasteiger partial charge >= 0.3 is 6.09 Å². The minimum absolute atomic E-state index is 0.0579. The van der Waals surface area contributed by atoms with Crippen LogP contribution in [0, 0.1) is 0 Å². The zero-order chi connectivity index (χ0) is 8.01. The smallest absolute Gasteiger partial charge is 0.410 e. The molecule has 62 valence electrons. The van der Waals surface area contributed by atoms with Crippen LogP contribution in [-0.4, -0.2) is 36.2 Å². The van der Waals surface area contributed by atoms with Gasteiger partial charge in [0.1, 0.15) is 6.10 Å². The average Bonchev–Trinajstić information content (AvgIpc) is 2.37. The Hall–Kier alpha value is -0.770. The quantitative estimate of drug-likeness (QED) is 0.534. The van der Waals surface area contributed by atoms with E-state index in [0.29, 0.717) is 0 Å². The molecule has 1 saturated carbocycles. The van der Waals surface area contributed by atoms with Crippen molar-refractivity contribution in [3.8, 4) is 0 Å². The van der Waals surface area contributed by atoms with Crippen molar-refractivity contribution in [3.63, 3.8) is 0 Å².